The predicted octanol–water partition coefficient (Wildman–Crippen LogP) is 4.82. The van der Waals surface area contributed by atoms with Gasteiger partial charge >= 0.3 is 0 Å². The van der Waals surface area contributed by atoms with Gasteiger partial charge in [0.15, 0.2) is 0 Å². The van der Waals surface area contributed by atoms with Crippen molar-refractivity contribution >= 4 is 43.2 Å². The number of pyridine rings is 1. The zero-order valence-corrected chi connectivity index (χ0v) is 18.3. The van der Waals surface area contributed by atoms with E-state index in [4.69, 9.17) is 4.74 Å². The Bertz CT molecular complexity index is 1190. The number of hydrogen-bond acceptors (Lipinski definition) is 6. The number of methoxy groups -OCH3 is 1. The van der Waals surface area contributed by atoms with E-state index in [1.165, 1.54) is 11.3 Å². The standard InChI is InChI=1S/C22H26N4O2S/c1-7-11-25(5)16-9-10-23-21-18(16)19-20(29-21)22(27)26(13-24-19)15(4)12-14(3)17(8-2)28-6/h8-10,12-13H,2,7,11H2,1,3-6H3/b15-12+,17-14+. The molecule has 3 aromatic rings. The molecule has 0 aliphatic carbocycles. The summed E-state index contributed by atoms with van der Waals surface area (Å²) in [6, 6.07) is 1.98. The second-order valence-electron chi connectivity index (χ2n) is 6.87. The molecule has 0 bridgehead atoms. The van der Waals surface area contributed by atoms with Crippen LogP contribution in [0.4, 0.5) is 5.69 Å². The molecule has 0 fully saturated rings. The van der Waals surface area contributed by atoms with E-state index in [1.807, 2.05) is 26.0 Å². The van der Waals surface area contributed by atoms with Gasteiger partial charge in [0.1, 0.15) is 21.6 Å². The summed E-state index contributed by atoms with van der Waals surface area (Å²) >= 11 is 1.39. The van der Waals surface area contributed by atoms with Gasteiger partial charge in [0.05, 0.1) is 23.7 Å². The van der Waals surface area contributed by atoms with Crippen LogP contribution in [0.2, 0.25) is 0 Å². The second kappa shape index (κ2) is 8.61. The van der Waals surface area contributed by atoms with Crippen LogP contribution in [0.5, 0.6) is 0 Å². The van der Waals surface area contributed by atoms with Gasteiger partial charge in [0.25, 0.3) is 5.56 Å². The molecule has 6 nitrogen and oxygen atoms in total. The third-order valence-electron chi connectivity index (χ3n) is 4.83. The molecule has 0 atom stereocenters. The number of hydrogen-bond donors (Lipinski definition) is 0. The predicted molar refractivity (Wildman–Crippen MR) is 123 cm³/mol. The minimum atomic E-state index is -0.0961. The third kappa shape index (κ3) is 3.82. The summed E-state index contributed by atoms with van der Waals surface area (Å²) in [5.41, 5.74) is 3.30. The highest BCUT2D eigenvalue weighted by Gasteiger charge is 2.17. The Hall–Kier alpha value is -2.93. The Morgan fingerprint density at radius 1 is 1.38 bits per heavy atom. The Labute approximate surface area is 174 Å². The van der Waals surface area contributed by atoms with Crippen molar-refractivity contribution in [2.75, 3.05) is 25.6 Å². The van der Waals surface area contributed by atoms with Gasteiger partial charge in [-0.15, -0.1) is 11.3 Å². The van der Waals surface area contributed by atoms with E-state index < -0.39 is 0 Å². The first-order valence-corrected chi connectivity index (χ1v) is 10.3. The van der Waals surface area contributed by atoms with Crippen molar-refractivity contribution < 1.29 is 4.74 Å². The van der Waals surface area contributed by atoms with Crippen LogP contribution < -0.4 is 10.5 Å². The van der Waals surface area contributed by atoms with Crippen LogP contribution in [0.25, 0.3) is 26.1 Å². The highest BCUT2D eigenvalue weighted by Crippen LogP contribution is 2.35. The summed E-state index contributed by atoms with van der Waals surface area (Å²) in [6.45, 7) is 10.6. The van der Waals surface area contributed by atoms with Gasteiger partial charge in [0, 0.05) is 25.5 Å². The van der Waals surface area contributed by atoms with E-state index in [1.54, 1.807) is 30.3 Å². The molecule has 0 unspecified atom stereocenters. The average Bonchev–Trinajstić information content (AvgIpc) is 3.09. The van der Waals surface area contributed by atoms with Gasteiger partial charge in [-0.05, 0) is 44.1 Å². The Balaban J connectivity index is 2.20. The summed E-state index contributed by atoms with van der Waals surface area (Å²) < 4.78 is 7.47. The van der Waals surface area contributed by atoms with E-state index in [0.717, 1.165) is 40.1 Å². The normalized spacial score (nSPS) is 12.9. The number of thiophene rings is 1. The van der Waals surface area contributed by atoms with Gasteiger partial charge in [-0.2, -0.15) is 0 Å². The van der Waals surface area contributed by atoms with Gasteiger partial charge in [-0.1, -0.05) is 13.5 Å². The minimum absolute atomic E-state index is 0.0961. The Morgan fingerprint density at radius 3 is 2.79 bits per heavy atom. The maximum atomic E-state index is 13.2. The zero-order chi connectivity index (χ0) is 21.1. The Kier molecular flexibility index (Phi) is 6.17. The number of allylic oxidation sites excluding steroid dienone is 4. The van der Waals surface area contributed by atoms with Gasteiger partial charge in [-0.3, -0.25) is 9.36 Å². The summed E-state index contributed by atoms with van der Waals surface area (Å²) in [5, 5.41) is 0.943. The molecule has 0 spiro atoms. The fraction of sp³-hybridized carbons (Fsp3) is 0.318. The van der Waals surface area contributed by atoms with Crippen molar-refractivity contribution in [3.05, 3.63) is 59.0 Å². The topological polar surface area (TPSA) is 60.2 Å². The highest BCUT2D eigenvalue weighted by molar-refractivity contribution is 7.25. The molecule has 0 saturated carbocycles. The van der Waals surface area contributed by atoms with Crippen molar-refractivity contribution in [2.45, 2.75) is 27.2 Å². The maximum Gasteiger partial charge on any atom is 0.275 e. The molecule has 7 heteroatoms. The van der Waals surface area contributed by atoms with Crippen molar-refractivity contribution in [2.24, 2.45) is 0 Å². The number of nitrogens with zero attached hydrogens (tertiary/aromatic N) is 4. The molecule has 0 aliphatic rings. The van der Waals surface area contributed by atoms with Crippen molar-refractivity contribution in [3.8, 4) is 0 Å². The lowest BCUT2D eigenvalue weighted by Crippen LogP contribution is -2.19. The molecular weight excluding hydrogens is 384 g/mol. The molecule has 3 rings (SSSR count). The smallest absolute Gasteiger partial charge is 0.275 e. The molecule has 3 aromatic heterocycles. The molecule has 0 amide bonds. The molecular formula is C22H26N4O2S. The van der Waals surface area contributed by atoms with Crippen LogP contribution in [-0.4, -0.2) is 35.2 Å². The molecule has 0 radical (unpaired) electrons. The fourth-order valence-corrected chi connectivity index (χ4v) is 4.47. The lowest BCUT2D eigenvalue weighted by Gasteiger charge is -2.19. The number of anilines is 1. The van der Waals surface area contributed by atoms with Crippen LogP contribution in [0, 0.1) is 0 Å². The lowest BCUT2D eigenvalue weighted by molar-refractivity contribution is 0.304. The third-order valence-corrected chi connectivity index (χ3v) is 5.90. The first kappa shape index (κ1) is 20.8. The van der Waals surface area contributed by atoms with E-state index >= 15 is 0 Å². The number of aromatic nitrogens is 3. The monoisotopic (exact) mass is 410 g/mol. The summed E-state index contributed by atoms with van der Waals surface area (Å²) in [4.78, 5) is 25.4. The first-order chi connectivity index (χ1) is 13.9. The quantitative estimate of drug-likeness (QED) is 0.413. The van der Waals surface area contributed by atoms with E-state index in [-0.39, 0.29) is 5.56 Å². The number of fused-ring (bicyclic) bond motifs is 3. The molecule has 29 heavy (non-hydrogen) atoms. The van der Waals surface area contributed by atoms with E-state index in [2.05, 4.69) is 35.4 Å². The first-order valence-electron chi connectivity index (χ1n) is 9.48. The minimum Gasteiger partial charge on any atom is -0.497 e. The molecule has 0 aromatic carbocycles. The largest absolute Gasteiger partial charge is 0.497 e. The van der Waals surface area contributed by atoms with Crippen LogP contribution in [0.3, 0.4) is 0 Å². The molecule has 152 valence electrons. The lowest BCUT2D eigenvalue weighted by atomic mass is 10.2. The van der Waals surface area contributed by atoms with Gasteiger partial charge in [-0.25, -0.2) is 9.97 Å². The van der Waals surface area contributed by atoms with Crippen LogP contribution in [-0.2, 0) is 4.74 Å². The van der Waals surface area contributed by atoms with Crippen LogP contribution >= 0.6 is 11.3 Å². The zero-order valence-electron chi connectivity index (χ0n) is 17.5. The van der Waals surface area contributed by atoms with E-state index in [0.29, 0.717) is 16.0 Å². The Morgan fingerprint density at radius 2 is 2.14 bits per heavy atom. The van der Waals surface area contributed by atoms with Crippen molar-refractivity contribution in [3.63, 3.8) is 0 Å². The van der Waals surface area contributed by atoms with Crippen LogP contribution in [0.1, 0.15) is 27.2 Å². The fourth-order valence-electron chi connectivity index (χ4n) is 3.42. The molecule has 0 saturated heterocycles. The number of rotatable bonds is 7. The summed E-state index contributed by atoms with van der Waals surface area (Å²) in [7, 11) is 3.65. The van der Waals surface area contributed by atoms with E-state index in [9.17, 15) is 4.79 Å². The molecule has 0 aliphatic heterocycles. The number of ether oxygens (including phenoxy) is 1. The highest BCUT2D eigenvalue weighted by atomic mass is 32.1. The summed E-state index contributed by atoms with van der Waals surface area (Å²) in [5.74, 6) is 0.668. The molecule has 3 heterocycles. The van der Waals surface area contributed by atoms with Crippen molar-refractivity contribution in [1.82, 2.24) is 14.5 Å². The SMILES string of the molecule is C=C/C(OC)=C(C)\C=C(/C)n1cnc2c(sc3nccc(N(C)CCC)c32)c1=O. The maximum absolute atomic E-state index is 13.2. The van der Waals surface area contributed by atoms with Gasteiger partial charge < -0.3 is 9.64 Å². The van der Waals surface area contributed by atoms with Crippen LogP contribution in [0.15, 0.2) is 53.4 Å². The van der Waals surface area contributed by atoms with Crippen molar-refractivity contribution in [1.29, 1.82) is 0 Å². The summed E-state index contributed by atoms with van der Waals surface area (Å²) in [6.07, 6.45) is 7.95. The second-order valence-corrected chi connectivity index (χ2v) is 7.87. The van der Waals surface area contributed by atoms with Gasteiger partial charge in [0.2, 0.25) is 0 Å². The molecule has 0 N–H and O–H groups in total. The average molecular weight is 411 g/mol.